The SMILES string of the molecule is C=C(C)C(=O)O.C=C(C)C(=O)OCCCOOC(=O)C(=C)C. The van der Waals surface area contributed by atoms with Crippen LogP contribution in [0.1, 0.15) is 27.2 Å². The molecule has 0 heterocycles. The van der Waals surface area contributed by atoms with Crippen LogP contribution in [0.4, 0.5) is 0 Å². The maximum Gasteiger partial charge on any atom is 0.368 e. The summed E-state index contributed by atoms with van der Waals surface area (Å²) < 4.78 is 4.78. The summed E-state index contributed by atoms with van der Waals surface area (Å²) >= 11 is 0. The number of carboxylic acids is 1. The highest BCUT2D eigenvalue weighted by Crippen LogP contribution is 1.96. The first-order valence-electron chi connectivity index (χ1n) is 6.30. The molecule has 7 heteroatoms. The third-order valence-electron chi connectivity index (χ3n) is 1.80. The Hall–Kier alpha value is -2.41. The monoisotopic (exact) mass is 314 g/mol. The lowest BCUT2D eigenvalue weighted by Gasteiger charge is -2.04. The van der Waals surface area contributed by atoms with E-state index in [2.05, 4.69) is 29.5 Å². The maximum absolute atomic E-state index is 10.9. The summed E-state index contributed by atoms with van der Waals surface area (Å²) in [5.41, 5.74) is 0.776. The Morgan fingerprint density at radius 3 is 1.68 bits per heavy atom. The van der Waals surface area contributed by atoms with E-state index in [9.17, 15) is 14.4 Å². The Morgan fingerprint density at radius 2 is 1.32 bits per heavy atom. The predicted octanol–water partition coefficient (Wildman–Crippen LogP) is 2.19. The molecule has 0 radical (unpaired) electrons. The summed E-state index contributed by atoms with van der Waals surface area (Å²) in [6, 6.07) is 0. The topological polar surface area (TPSA) is 99.1 Å². The van der Waals surface area contributed by atoms with Crippen LogP contribution in [0, 0.1) is 0 Å². The maximum atomic E-state index is 10.9. The van der Waals surface area contributed by atoms with Crippen molar-refractivity contribution in [3.05, 3.63) is 36.5 Å². The largest absolute Gasteiger partial charge is 0.478 e. The Kier molecular flexibility index (Phi) is 12.3. The van der Waals surface area contributed by atoms with Gasteiger partial charge in [-0.05, 0) is 20.8 Å². The highest BCUT2D eigenvalue weighted by atomic mass is 17.2. The van der Waals surface area contributed by atoms with E-state index in [1.165, 1.54) is 13.8 Å². The number of carbonyl (C=O) groups is 3. The van der Waals surface area contributed by atoms with E-state index in [4.69, 9.17) is 9.84 Å². The van der Waals surface area contributed by atoms with Gasteiger partial charge in [0.2, 0.25) is 0 Å². The third-order valence-corrected chi connectivity index (χ3v) is 1.80. The number of hydrogen-bond acceptors (Lipinski definition) is 6. The molecule has 0 saturated carbocycles. The molecule has 0 aromatic heterocycles. The van der Waals surface area contributed by atoms with E-state index in [1.807, 2.05) is 0 Å². The minimum atomic E-state index is -0.935. The number of esters is 1. The predicted molar refractivity (Wildman–Crippen MR) is 79.7 cm³/mol. The lowest BCUT2D eigenvalue weighted by Crippen LogP contribution is -2.10. The van der Waals surface area contributed by atoms with Crippen LogP contribution in [0.15, 0.2) is 36.5 Å². The van der Waals surface area contributed by atoms with E-state index in [1.54, 1.807) is 6.92 Å². The second-order valence-corrected chi connectivity index (χ2v) is 4.33. The van der Waals surface area contributed by atoms with Gasteiger partial charge in [0.15, 0.2) is 0 Å². The zero-order valence-corrected chi connectivity index (χ0v) is 13.1. The number of ether oxygens (including phenoxy) is 1. The summed E-state index contributed by atoms with van der Waals surface area (Å²) in [6.45, 7) is 14.8. The number of aliphatic carboxylic acids is 1. The minimum Gasteiger partial charge on any atom is -0.478 e. The molecular formula is C15H22O7. The molecule has 0 unspecified atom stereocenters. The van der Waals surface area contributed by atoms with Gasteiger partial charge in [-0.1, -0.05) is 19.7 Å². The van der Waals surface area contributed by atoms with Crippen LogP contribution in [0.5, 0.6) is 0 Å². The van der Waals surface area contributed by atoms with E-state index < -0.39 is 17.9 Å². The van der Waals surface area contributed by atoms with Crippen molar-refractivity contribution in [2.75, 3.05) is 13.2 Å². The Labute approximate surface area is 129 Å². The fourth-order valence-electron chi connectivity index (χ4n) is 0.572. The first-order valence-corrected chi connectivity index (χ1v) is 6.30. The van der Waals surface area contributed by atoms with E-state index >= 15 is 0 Å². The molecule has 0 bridgehead atoms. The molecule has 0 amide bonds. The molecule has 0 fully saturated rings. The Balaban J connectivity index is 0. The fourth-order valence-corrected chi connectivity index (χ4v) is 0.572. The number of rotatable bonds is 8. The van der Waals surface area contributed by atoms with E-state index in [-0.39, 0.29) is 24.4 Å². The summed E-state index contributed by atoms with van der Waals surface area (Å²) in [5, 5.41) is 7.89. The van der Waals surface area contributed by atoms with Gasteiger partial charge in [-0.15, -0.1) is 0 Å². The smallest absolute Gasteiger partial charge is 0.368 e. The van der Waals surface area contributed by atoms with Crippen LogP contribution < -0.4 is 0 Å². The highest BCUT2D eigenvalue weighted by Gasteiger charge is 2.05. The molecule has 0 rings (SSSR count). The van der Waals surface area contributed by atoms with Gasteiger partial charge in [0.1, 0.15) is 0 Å². The van der Waals surface area contributed by atoms with Crippen molar-refractivity contribution < 1.29 is 34.0 Å². The molecule has 0 aliphatic carbocycles. The van der Waals surface area contributed by atoms with E-state index in [0.29, 0.717) is 12.0 Å². The lowest BCUT2D eigenvalue weighted by atomic mass is 10.4. The molecule has 0 aromatic carbocycles. The fraction of sp³-hybridized carbons (Fsp3) is 0.400. The van der Waals surface area contributed by atoms with Gasteiger partial charge in [0.25, 0.3) is 0 Å². The average molecular weight is 314 g/mol. The van der Waals surface area contributed by atoms with Gasteiger partial charge in [0.05, 0.1) is 13.2 Å². The van der Waals surface area contributed by atoms with Gasteiger partial charge in [-0.3, -0.25) is 4.89 Å². The first-order chi connectivity index (χ1) is 10.1. The van der Waals surface area contributed by atoms with Gasteiger partial charge in [-0.25, -0.2) is 14.4 Å². The minimum absolute atomic E-state index is 0.155. The van der Waals surface area contributed by atoms with E-state index in [0.717, 1.165) is 0 Å². The molecule has 124 valence electrons. The van der Waals surface area contributed by atoms with Crippen LogP contribution in [0.3, 0.4) is 0 Å². The molecule has 1 N–H and O–H groups in total. The van der Waals surface area contributed by atoms with Crippen molar-refractivity contribution in [2.24, 2.45) is 0 Å². The quantitative estimate of drug-likeness (QED) is 0.241. The van der Waals surface area contributed by atoms with Gasteiger partial charge in [-0.2, -0.15) is 4.89 Å². The molecule has 0 spiro atoms. The van der Waals surface area contributed by atoms with Crippen LogP contribution in [0.2, 0.25) is 0 Å². The van der Waals surface area contributed by atoms with Crippen LogP contribution in [0.25, 0.3) is 0 Å². The lowest BCUT2D eigenvalue weighted by molar-refractivity contribution is -0.269. The summed E-state index contributed by atoms with van der Waals surface area (Å²) in [5.74, 6) is -1.99. The molecule has 0 aromatic rings. The molecular weight excluding hydrogens is 292 g/mol. The van der Waals surface area contributed by atoms with Crippen LogP contribution in [-0.4, -0.2) is 36.2 Å². The Morgan fingerprint density at radius 1 is 0.864 bits per heavy atom. The summed E-state index contributed by atoms with van der Waals surface area (Å²) in [7, 11) is 0. The normalized spacial score (nSPS) is 8.86. The van der Waals surface area contributed by atoms with Crippen molar-refractivity contribution in [1.82, 2.24) is 0 Å². The Bertz CT molecular complexity index is 407. The highest BCUT2D eigenvalue weighted by molar-refractivity contribution is 5.87. The number of hydrogen-bond donors (Lipinski definition) is 1. The molecule has 0 saturated heterocycles. The molecule has 0 aliphatic rings. The van der Waals surface area contributed by atoms with Crippen LogP contribution in [-0.2, 0) is 28.9 Å². The number of carboxylic acid groups (broad SMARTS) is 1. The zero-order valence-electron chi connectivity index (χ0n) is 13.1. The average Bonchev–Trinajstić information content (AvgIpc) is 2.42. The van der Waals surface area contributed by atoms with Gasteiger partial charge in [0, 0.05) is 23.1 Å². The van der Waals surface area contributed by atoms with Gasteiger partial charge >= 0.3 is 17.9 Å². The van der Waals surface area contributed by atoms with Crippen molar-refractivity contribution in [3.8, 4) is 0 Å². The van der Waals surface area contributed by atoms with Crippen molar-refractivity contribution in [2.45, 2.75) is 27.2 Å². The van der Waals surface area contributed by atoms with Crippen molar-refractivity contribution in [3.63, 3.8) is 0 Å². The molecule has 22 heavy (non-hydrogen) atoms. The second-order valence-electron chi connectivity index (χ2n) is 4.33. The standard InChI is InChI=1S/C11H16O5.C4H6O2/c1-8(2)10(12)14-6-5-7-15-16-11(13)9(3)4;1-3(2)4(5)6/h1,3,5-7H2,2,4H3;1H2,2H3,(H,5,6). The van der Waals surface area contributed by atoms with Gasteiger partial charge < -0.3 is 9.84 Å². The molecule has 7 nitrogen and oxygen atoms in total. The number of carbonyl (C=O) groups excluding carboxylic acids is 2. The van der Waals surface area contributed by atoms with Crippen molar-refractivity contribution >= 4 is 17.9 Å². The second kappa shape index (κ2) is 12.3. The third kappa shape index (κ3) is 14.0. The molecule has 0 aliphatic heterocycles. The summed E-state index contributed by atoms with van der Waals surface area (Å²) in [6.07, 6.45) is 0.433. The van der Waals surface area contributed by atoms with Crippen molar-refractivity contribution in [1.29, 1.82) is 0 Å². The first kappa shape index (κ1) is 21.9. The summed E-state index contributed by atoms with van der Waals surface area (Å²) in [4.78, 5) is 40.3. The van der Waals surface area contributed by atoms with Crippen LogP contribution >= 0.6 is 0 Å². The zero-order chi connectivity index (χ0) is 17.7. The molecule has 0 atom stereocenters.